The molecule has 4 nitrogen and oxygen atoms in total. The molecular formula is C11H12N2O2S. The van der Waals surface area contributed by atoms with Gasteiger partial charge >= 0.3 is 0 Å². The van der Waals surface area contributed by atoms with Crippen molar-refractivity contribution in [2.75, 3.05) is 6.26 Å². The van der Waals surface area contributed by atoms with Crippen molar-refractivity contribution in [3.05, 3.63) is 36.3 Å². The normalized spacial score (nSPS) is 11.6. The number of H-pyrrole nitrogens is 1. The molecule has 0 saturated heterocycles. The highest BCUT2D eigenvalue weighted by Gasteiger charge is 2.07. The zero-order valence-electron chi connectivity index (χ0n) is 9.06. The molecule has 0 fully saturated rings. The van der Waals surface area contributed by atoms with Gasteiger partial charge in [-0.25, -0.2) is 13.4 Å². The standard InChI is InChI=1S/C11H12N2O2S/c1-8-12-7-11(13-8)9-3-5-10(6-4-9)16(2,14)15/h3-7H,1-2H3,(H,12,13). The molecule has 0 aliphatic heterocycles. The molecule has 0 bridgehead atoms. The van der Waals surface area contributed by atoms with Crippen LogP contribution in [0.3, 0.4) is 0 Å². The summed E-state index contributed by atoms with van der Waals surface area (Å²) < 4.78 is 22.5. The lowest BCUT2D eigenvalue weighted by Gasteiger charge is -2.00. The second-order valence-corrected chi connectivity index (χ2v) is 5.69. The van der Waals surface area contributed by atoms with Gasteiger partial charge in [-0.15, -0.1) is 0 Å². The van der Waals surface area contributed by atoms with Crippen LogP contribution in [0.1, 0.15) is 5.82 Å². The minimum absolute atomic E-state index is 0.326. The molecule has 1 aromatic carbocycles. The number of nitrogens with one attached hydrogen (secondary N) is 1. The van der Waals surface area contributed by atoms with Crippen molar-refractivity contribution in [3.8, 4) is 11.3 Å². The number of hydrogen-bond acceptors (Lipinski definition) is 3. The molecule has 2 rings (SSSR count). The molecule has 0 spiro atoms. The van der Waals surface area contributed by atoms with Crippen LogP contribution in [-0.2, 0) is 9.84 Å². The minimum Gasteiger partial charge on any atom is -0.342 e. The number of imidazole rings is 1. The molecule has 0 radical (unpaired) electrons. The molecule has 84 valence electrons. The summed E-state index contributed by atoms with van der Waals surface area (Å²) in [6, 6.07) is 6.73. The van der Waals surface area contributed by atoms with E-state index >= 15 is 0 Å². The van der Waals surface area contributed by atoms with Crippen LogP contribution in [0.2, 0.25) is 0 Å². The number of rotatable bonds is 2. The van der Waals surface area contributed by atoms with E-state index in [-0.39, 0.29) is 0 Å². The number of aromatic amines is 1. The molecule has 2 aromatic rings. The highest BCUT2D eigenvalue weighted by Crippen LogP contribution is 2.19. The summed E-state index contributed by atoms with van der Waals surface area (Å²) in [6.45, 7) is 1.87. The maximum absolute atomic E-state index is 11.3. The van der Waals surface area contributed by atoms with Gasteiger partial charge in [-0.2, -0.15) is 0 Å². The topological polar surface area (TPSA) is 62.8 Å². The summed E-state index contributed by atoms with van der Waals surface area (Å²) in [5.74, 6) is 0.835. The first-order valence-corrected chi connectivity index (χ1v) is 6.68. The first-order chi connectivity index (χ1) is 7.47. The second kappa shape index (κ2) is 3.75. The lowest BCUT2D eigenvalue weighted by Crippen LogP contribution is -1.96. The van der Waals surface area contributed by atoms with E-state index in [2.05, 4.69) is 9.97 Å². The summed E-state index contributed by atoms with van der Waals surface area (Å²) in [4.78, 5) is 7.51. The number of sulfone groups is 1. The first kappa shape index (κ1) is 10.9. The van der Waals surface area contributed by atoms with E-state index in [1.165, 1.54) is 6.26 Å². The van der Waals surface area contributed by atoms with Gasteiger partial charge in [0.15, 0.2) is 9.84 Å². The fraction of sp³-hybridized carbons (Fsp3) is 0.182. The van der Waals surface area contributed by atoms with Crippen molar-refractivity contribution in [1.82, 2.24) is 9.97 Å². The number of nitrogens with zero attached hydrogens (tertiary/aromatic N) is 1. The van der Waals surface area contributed by atoms with Crippen LogP contribution in [0.5, 0.6) is 0 Å². The highest BCUT2D eigenvalue weighted by atomic mass is 32.2. The zero-order chi connectivity index (χ0) is 11.8. The Labute approximate surface area is 94.3 Å². The predicted molar refractivity (Wildman–Crippen MR) is 61.9 cm³/mol. The van der Waals surface area contributed by atoms with Gasteiger partial charge in [-0.1, -0.05) is 12.1 Å². The Morgan fingerprint density at radius 3 is 2.25 bits per heavy atom. The van der Waals surface area contributed by atoms with Gasteiger partial charge in [0.25, 0.3) is 0 Å². The molecule has 1 heterocycles. The van der Waals surface area contributed by atoms with E-state index in [9.17, 15) is 8.42 Å². The van der Waals surface area contributed by atoms with Crippen LogP contribution < -0.4 is 0 Å². The molecule has 16 heavy (non-hydrogen) atoms. The van der Waals surface area contributed by atoms with Gasteiger partial charge < -0.3 is 4.98 Å². The van der Waals surface area contributed by atoms with Crippen LogP contribution in [0.4, 0.5) is 0 Å². The van der Waals surface area contributed by atoms with E-state index in [1.54, 1.807) is 30.5 Å². The molecule has 5 heteroatoms. The van der Waals surface area contributed by atoms with Crippen molar-refractivity contribution in [2.24, 2.45) is 0 Å². The Balaban J connectivity index is 2.40. The smallest absolute Gasteiger partial charge is 0.175 e. The molecule has 0 amide bonds. The SMILES string of the molecule is Cc1ncc(-c2ccc(S(C)(=O)=O)cc2)[nH]1. The second-order valence-electron chi connectivity index (χ2n) is 3.68. The van der Waals surface area contributed by atoms with Crippen molar-refractivity contribution >= 4 is 9.84 Å². The summed E-state index contributed by atoms with van der Waals surface area (Å²) in [6.07, 6.45) is 2.92. The molecule has 1 aromatic heterocycles. The van der Waals surface area contributed by atoms with Crippen LogP contribution in [0, 0.1) is 6.92 Å². The largest absolute Gasteiger partial charge is 0.342 e. The Morgan fingerprint density at radius 2 is 1.81 bits per heavy atom. The van der Waals surface area contributed by atoms with Crippen molar-refractivity contribution in [3.63, 3.8) is 0 Å². The van der Waals surface area contributed by atoms with Gasteiger partial charge in [0.2, 0.25) is 0 Å². The maximum Gasteiger partial charge on any atom is 0.175 e. The molecular weight excluding hydrogens is 224 g/mol. The predicted octanol–water partition coefficient (Wildman–Crippen LogP) is 1.79. The van der Waals surface area contributed by atoms with Gasteiger partial charge in [-0.05, 0) is 24.6 Å². The fourth-order valence-electron chi connectivity index (χ4n) is 1.45. The van der Waals surface area contributed by atoms with Gasteiger partial charge in [0.1, 0.15) is 5.82 Å². The number of benzene rings is 1. The van der Waals surface area contributed by atoms with Gasteiger partial charge in [0.05, 0.1) is 16.8 Å². The van der Waals surface area contributed by atoms with Crippen molar-refractivity contribution in [2.45, 2.75) is 11.8 Å². The van der Waals surface area contributed by atoms with Gasteiger partial charge in [0, 0.05) is 6.26 Å². The maximum atomic E-state index is 11.3. The highest BCUT2D eigenvalue weighted by molar-refractivity contribution is 7.90. The van der Waals surface area contributed by atoms with E-state index in [1.807, 2.05) is 6.92 Å². The van der Waals surface area contributed by atoms with E-state index in [0.29, 0.717) is 4.90 Å². The number of aryl methyl sites for hydroxylation is 1. The van der Waals surface area contributed by atoms with Crippen molar-refractivity contribution in [1.29, 1.82) is 0 Å². The van der Waals surface area contributed by atoms with Crippen LogP contribution in [0.15, 0.2) is 35.4 Å². The average Bonchev–Trinajstić information content (AvgIpc) is 2.64. The number of aromatic nitrogens is 2. The van der Waals surface area contributed by atoms with Crippen molar-refractivity contribution < 1.29 is 8.42 Å². The third kappa shape index (κ3) is 2.14. The number of hydrogen-bond donors (Lipinski definition) is 1. The Kier molecular flexibility index (Phi) is 2.55. The Morgan fingerprint density at radius 1 is 1.19 bits per heavy atom. The lowest BCUT2D eigenvalue weighted by atomic mass is 10.2. The van der Waals surface area contributed by atoms with E-state index in [0.717, 1.165) is 17.1 Å². The summed E-state index contributed by atoms with van der Waals surface area (Å²) in [5, 5.41) is 0. The van der Waals surface area contributed by atoms with Gasteiger partial charge in [-0.3, -0.25) is 0 Å². The molecule has 0 unspecified atom stereocenters. The average molecular weight is 236 g/mol. The van der Waals surface area contributed by atoms with Crippen LogP contribution in [-0.4, -0.2) is 24.6 Å². The molecule has 0 atom stereocenters. The zero-order valence-corrected chi connectivity index (χ0v) is 9.88. The Bertz CT molecular complexity index is 597. The van der Waals surface area contributed by atoms with E-state index < -0.39 is 9.84 Å². The molecule has 0 saturated carbocycles. The first-order valence-electron chi connectivity index (χ1n) is 4.79. The molecule has 1 N–H and O–H groups in total. The fourth-order valence-corrected chi connectivity index (χ4v) is 2.08. The van der Waals surface area contributed by atoms with Crippen LogP contribution >= 0.6 is 0 Å². The summed E-state index contributed by atoms with van der Waals surface area (Å²) >= 11 is 0. The Hall–Kier alpha value is -1.62. The summed E-state index contributed by atoms with van der Waals surface area (Å²) in [7, 11) is -3.12. The lowest BCUT2D eigenvalue weighted by molar-refractivity contribution is 0.602. The molecule has 0 aliphatic carbocycles. The van der Waals surface area contributed by atoms with E-state index in [4.69, 9.17) is 0 Å². The third-order valence-electron chi connectivity index (χ3n) is 2.30. The monoisotopic (exact) mass is 236 g/mol. The summed E-state index contributed by atoms with van der Waals surface area (Å²) in [5.41, 5.74) is 1.81. The quantitative estimate of drug-likeness (QED) is 0.864. The third-order valence-corrected chi connectivity index (χ3v) is 3.42. The molecule has 0 aliphatic rings. The minimum atomic E-state index is -3.12. The van der Waals surface area contributed by atoms with Crippen LogP contribution in [0.25, 0.3) is 11.3 Å².